The van der Waals surface area contributed by atoms with Crippen molar-refractivity contribution < 1.29 is 19.8 Å². The molecule has 2 rings (SSSR count). The van der Waals surface area contributed by atoms with E-state index < -0.39 is 0 Å². The minimum absolute atomic E-state index is 0.204. The van der Waals surface area contributed by atoms with E-state index >= 15 is 0 Å². The highest BCUT2D eigenvalue weighted by molar-refractivity contribution is 5.82. The van der Waals surface area contributed by atoms with Crippen molar-refractivity contribution in [3.8, 4) is 11.5 Å². The summed E-state index contributed by atoms with van der Waals surface area (Å²) >= 11 is 0. The maximum absolute atomic E-state index is 12.3. The number of nitrogens with one attached hydrogen (secondary N) is 2. The Morgan fingerprint density at radius 2 is 1.00 bits per heavy atom. The Morgan fingerprint density at radius 3 is 1.29 bits per heavy atom. The van der Waals surface area contributed by atoms with E-state index in [1.54, 1.807) is 0 Å². The molecule has 2 amide bonds. The summed E-state index contributed by atoms with van der Waals surface area (Å²) in [6.45, 7) is 15.9. The Kier molecular flexibility index (Phi) is 8.40. The van der Waals surface area contributed by atoms with E-state index in [1.165, 1.54) is 0 Å². The van der Waals surface area contributed by atoms with Crippen LogP contribution in [0.4, 0.5) is 0 Å². The topological polar surface area (TPSA) is 98.7 Å². The molecule has 0 atom stereocenters. The molecule has 0 unspecified atom stereocenters. The molecule has 2 aromatic carbocycles. The number of phenols is 2. The summed E-state index contributed by atoms with van der Waals surface area (Å²) in [5.41, 5.74) is 9.80. The van der Waals surface area contributed by atoms with Gasteiger partial charge in [0.25, 0.3) is 0 Å². The van der Waals surface area contributed by atoms with E-state index in [0.29, 0.717) is 24.3 Å². The van der Waals surface area contributed by atoms with Gasteiger partial charge in [0.1, 0.15) is 11.5 Å². The van der Waals surface area contributed by atoms with Gasteiger partial charge >= 0.3 is 0 Å². The number of amides is 2. The van der Waals surface area contributed by atoms with Crippen LogP contribution in [0, 0.1) is 13.8 Å². The average molecular weight is 469 g/mol. The zero-order chi connectivity index (χ0) is 25.8. The first-order valence-corrected chi connectivity index (χ1v) is 11.8. The monoisotopic (exact) mass is 468 g/mol. The van der Waals surface area contributed by atoms with Crippen LogP contribution >= 0.6 is 0 Å². The first kappa shape index (κ1) is 27.2. The Hall–Kier alpha value is -3.02. The fraction of sp³-hybridized carbons (Fsp3) is 0.500. The number of aryl methyl sites for hydroxylation is 4. The highest BCUT2D eigenvalue weighted by Gasteiger charge is 2.21. The normalized spacial score (nSPS) is 11.9. The van der Waals surface area contributed by atoms with Crippen LogP contribution in [0.1, 0.15) is 87.8 Å². The Balaban J connectivity index is 1.88. The summed E-state index contributed by atoms with van der Waals surface area (Å²) in [6, 6.07) is 7.67. The molecule has 0 bridgehead atoms. The third kappa shape index (κ3) is 7.24. The van der Waals surface area contributed by atoms with Gasteiger partial charge in [-0.25, -0.2) is 0 Å². The molecule has 0 aromatic heterocycles. The lowest BCUT2D eigenvalue weighted by Crippen LogP contribution is -2.41. The molecule has 0 aliphatic carbocycles. The van der Waals surface area contributed by atoms with Gasteiger partial charge in [0.15, 0.2) is 0 Å². The summed E-state index contributed by atoms with van der Waals surface area (Å²) in [5.74, 6) is 0.0524. The molecule has 2 aromatic rings. The van der Waals surface area contributed by atoms with Gasteiger partial charge in [-0.15, -0.1) is 0 Å². The Bertz CT molecular complexity index is 974. The molecule has 34 heavy (non-hydrogen) atoms. The predicted octanol–water partition coefficient (Wildman–Crippen LogP) is 5.02. The quantitative estimate of drug-likeness (QED) is 0.447. The van der Waals surface area contributed by atoms with Crippen LogP contribution in [0.25, 0.3) is 0 Å². The molecular formula is C28H40N2O4. The lowest BCUT2D eigenvalue weighted by Gasteiger charge is -2.22. The summed E-state index contributed by atoms with van der Waals surface area (Å²) < 4.78 is 0. The van der Waals surface area contributed by atoms with Gasteiger partial charge in [-0.3, -0.25) is 20.4 Å². The second-order valence-corrected chi connectivity index (χ2v) is 11.2. The fourth-order valence-electron chi connectivity index (χ4n) is 3.92. The highest BCUT2D eigenvalue weighted by Crippen LogP contribution is 2.35. The van der Waals surface area contributed by atoms with Crippen molar-refractivity contribution in [1.82, 2.24) is 10.9 Å². The lowest BCUT2D eigenvalue weighted by molar-refractivity contribution is -0.128. The van der Waals surface area contributed by atoms with Crippen LogP contribution in [0.3, 0.4) is 0 Å². The molecule has 6 nitrogen and oxygen atoms in total. The molecule has 0 spiro atoms. The van der Waals surface area contributed by atoms with Gasteiger partial charge in [-0.05, 0) is 70.9 Å². The third-order valence-electron chi connectivity index (χ3n) is 5.96. The predicted molar refractivity (Wildman–Crippen MR) is 136 cm³/mol. The molecule has 0 aliphatic heterocycles. The smallest absolute Gasteiger partial charge is 0.238 e. The lowest BCUT2D eigenvalue weighted by atomic mass is 9.83. The summed E-state index contributed by atoms with van der Waals surface area (Å²) in [6.07, 6.45) is 1.46. The molecule has 4 N–H and O–H groups in total. The van der Waals surface area contributed by atoms with Crippen molar-refractivity contribution in [2.75, 3.05) is 0 Å². The van der Waals surface area contributed by atoms with E-state index in [1.807, 2.05) is 79.7 Å². The van der Waals surface area contributed by atoms with E-state index in [4.69, 9.17) is 0 Å². The van der Waals surface area contributed by atoms with Crippen LogP contribution in [0.2, 0.25) is 0 Å². The van der Waals surface area contributed by atoms with Crippen LogP contribution in [-0.2, 0) is 33.3 Å². The van der Waals surface area contributed by atoms with Crippen molar-refractivity contribution in [1.29, 1.82) is 0 Å². The second kappa shape index (κ2) is 10.5. The van der Waals surface area contributed by atoms with E-state index in [2.05, 4.69) is 10.9 Å². The standard InChI is InChI=1S/C28H40N2O4/c1-17-13-19(15-21(25(17)33)27(3,4)5)9-11-23(31)29-30-24(32)12-10-20-14-18(2)26(34)22(16-20)28(6,7)8/h13-16,33-34H,9-12H2,1-8H3,(H,29,31)(H,30,32). The molecule has 0 heterocycles. The molecule has 0 radical (unpaired) electrons. The number of rotatable bonds is 6. The molecule has 6 heteroatoms. The molecule has 0 aliphatic rings. The summed E-state index contributed by atoms with van der Waals surface area (Å²) in [5, 5.41) is 20.7. The number of hydrogen-bond donors (Lipinski definition) is 4. The third-order valence-corrected chi connectivity index (χ3v) is 5.96. The van der Waals surface area contributed by atoms with E-state index in [0.717, 1.165) is 33.4 Å². The zero-order valence-electron chi connectivity index (χ0n) is 21.8. The molecule has 0 saturated heterocycles. The number of benzene rings is 2. The van der Waals surface area contributed by atoms with Crippen molar-refractivity contribution >= 4 is 11.8 Å². The van der Waals surface area contributed by atoms with Crippen LogP contribution in [-0.4, -0.2) is 22.0 Å². The van der Waals surface area contributed by atoms with E-state index in [9.17, 15) is 19.8 Å². The number of hydrogen-bond acceptors (Lipinski definition) is 4. The molecule has 0 fully saturated rings. The van der Waals surface area contributed by atoms with Crippen LogP contribution in [0.5, 0.6) is 11.5 Å². The minimum atomic E-state index is -0.271. The van der Waals surface area contributed by atoms with Gasteiger partial charge < -0.3 is 10.2 Å². The molecular weight excluding hydrogens is 428 g/mol. The summed E-state index contributed by atoms with van der Waals surface area (Å²) in [4.78, 5) is 24.5. The number of carbonyl (C=O) groups excluding carboxylic acids is 2. The zero-order valence-corrected chi connectivity index (χ0v) is 21.8. The average Bonchev–Trinajstić information content (AvgIpc) is 2.71. The van der Waals surface area contributed by atoms with Gasteiger partial charge in [0.2, 0.25) is 11.8 Å². The first-order valence-electron chi connectivity index (χ1n) is 11.8. The Labute approximate surface area is 203 Å². The summed E-state index contributed by atoms with van der Waals surface area (Å²) in [7, 11) is 0. The van der Waals surface area contributed by atoms with Gasteiger partial charge in [-0.1, -0.05) is 65.8 Å². The highest BCUT2D eigenvalue weighted by atomic mass is 16.3. The number of phenolic OH excluding ortho intramolecular Hbond substituents is 2. The van der Waals surface area contributed by atoms with Crippen molar-refractivity contribution in [3.05, 3.63) is 57.6 Å². The van der Waals surface area contributed by atoms with Crippen molar-refractivity contribution in [2.45, 2.75) is 91.9 Å². The van der Waals surface area contributed by atoms with Gasteiger partial charge in [0.05, 0.1) is 0 Å². The largest absolute Gasteiger partial charge is 0.507 e. The minimum Gasteiger partial charge on any atom is -0.507 e. The fourth-order valence-corrected chi connectivity index (χ4v) is 3.92. The van der Waals surface area contributed by atoms with Gasteiger partial charge in [0, 0.05) is 12.8 Å². The first-order chi connectivity index (χ1) is 15.6. The van der Waals surface area contributed by atoms with Crippen LogP contribution < -0.4 is 10.9 Å². The molecule has 0 saturated carbocycles. The maximum Gasteiger partial charge on any atom is 0.238 e. The van der Waals surface area contributed by atoms with E-state index in [-0.39, 0.29) is 35.5 Å². The number of carbonyl (C=O) groups is 2. The molecule has 186 valence electrons. The number of aromatic hydroxyl groups is 2. The van der Waals surface area contributed by atoms with Crippen LogP contribution in [0.15, 0.2) is 24.3 Å². The SMILES string of the molecule is Cc1cc(CCC(=O)NNC(=O)CCc2cc(C)c(O)c(C(C)(C)C)c2)cc(C(C)(C)C)c1O. The van der Waals surface area contributed by atoms with Crippen molar-refractivity contribution in [3.63, 3.8) is 0 Å². The maximum atomic E-state index is 12.3. The van der Waals surface area contributed by atoms with Gasteiger partial charge in [-0.2, -0.15) is 0 Å². The Morgan fingerprint density at radius 1 is 0.676 bits per heavy atom. The van der Waals surface area contributed by atoms with Crippen molar-refractivity contribution in [2.24, 2.45) is 0 Å². The number of hydrazine groups is 1. The second-order valence-electron chi connectivity index (χ2n) is 11.2.